The summed E-state index contributed by atoms with van der Waals surface area (Å²) in [7, 11) is 0. The fourth-order valence-electron chi connectivity index (χ4n) is 1.01. The third-order valence-corrected chi connectivity index (χ3v) is 2.04. The van der Waals surface area contributed by atoms with Crippen molar-refractivity contribution in [3.05, 3.63) is 24.9 Å². The van der Waals surface area contributed by atoms with E-state index in [0.717, 1.165) is 6.42 Å². The van der Waals surface area contributed by atoms with Gasteiger partial charge in [-0.15, -0.1) is 6.58 Å². The van der Waals surface area contributed by atoms with E-state index in [-0.39, 0.29) is 12.6 Å². The Morgan fingerprint density at radius 2 is 2.16 bits per heavy atom. The Kier molecular flexibility index (Phi) is 9.16. The first-order chi connectivity index (χ1) is 9.01. The lowest BCUT2D eigenvalue weighted by Crippen LogP contribution is -2.30. The monoisotopic (exact) mass is 270 g/mol. The molecule has 0 saturated heterocycles. The molecule has 0 aliphatic rings. The zero-order valence-corrected chi connectivity index (χ0v) is 11.4. The minimum absolute atomic E-state index is 0.0498. The van der Waals surface area contributed by atoms with E-state index >= 15 is 0 Å². The first kappa shape index (κ1) is 17.2. The lowest BCUT2D eigenvalue weighted by molar-refractivity contribution is -0.165. The molecule has 0 aromatic rings. The van der Waals surface area contributed by atoms with Crippen LogP contribution in [-0.4, -0.2) is 37.2 Å². The maximum Gasteiger partial charge on any atom is 0.347 e. The molecule has 0 aliphatic carbocycles. The van der Waals surface area contributed by atoms with Crippen molar-refractivity contribution in [2.75, 3.05) is 13.2 Å². The summed E-state index contributed by atoms with van der Waals surface area (Å²) in [5, 5.41) is 2.70. The van der Waals surface area contributed by atoms with Crippen LogP contribution in [0.1, 0.15) is 20.3 Å². The normalized spacial score (nSPS) is 13.6. The van der Waals surface area contributed by atoms with Gasteiger partial charge in [0.05, 0.1) is 6.61 Å². The summed E-state index contributed by atoms with van der Waals surface area (Å²) in [5.41, 5.74) is 5.53. The molecule has 0 aromatic carbocycles. The molecule has 1 unspecified atom stereocenters. The maximum atomic E-state index is 11.4. The minimum atomic E-state index is -0.903. The molecule has 0 spiro atoms. The van der Waals surface area contributed by atoms with Crippen LogP contribution in [0.5, 0.6) is 0 Å². The average molecular weight is 270 g/mol. The Hall–Kier alpha value is -1.82. The van der Waals surface area contributed by atoms with Gasteiger partial charge < -0.3 is 20.5 Å². The zero-order chi connectivity index (χ0) is 14.7. The number of nitrogens with two attached hydrogens (primary N) is 1. The van der Waals surface area contributed by atoms with Gasteiger partial charge in [-0.2, -0.15) is 0 Å². The highest BCUT2D eigenvalue weighted by Crippen LogP contribution is 1.96. The second kappa shape index (κ2) is 10.1. The van der Waals surface area contributed by atoms with E-state index in [1.165, 1.54) is 13.1 Å². The smallest absolute Gasteiger partial charge is 0.347 e. The molecule has 0 radical (unpaired) electrons. The van der Waals surface area contributed by atoms with E-state index in [4.69, 9.17) is 15.2 Å². The van der Waals surface area contributed by atoms with Gasteiger partial charge in [0.15, 0.2) is 6.10 Å². The summed E-state index contributed by atoms with van der Waals surface area (Å²) in [6.07, 6.45) is 4.55. The number of ether oxygens (including phenoxy) is 2. The summed E-state index contributed by atoms with van der Waals surface area (Å²) in [6, 6.07) is -0.272. The number of hydrogen-bond donors (Lipinski definition) is 2. The van der Waals surface area contributed by atoms with Crippen LogP contribution in [0.15, 0.2) is 24.9 Å². The molecule has 6 nitrogen and oxygen atoms in total. The average Bonchev–Trinajstić information content (AvgIpc) is 2.40. The van der Waals surface area contributed by atoms with Crippen molar-refractivity contribution in [1.82, 2.24) is 5.32 Å². The summed E-state index contributed by atoms with van der Waals surface area (Å²) in [6.45, 7) is 7.14. The minimum Gasteiger partial charge on any atom is -0.463 e. The van der Waals surface area contributed by atoms with Crippen molar-refractivity contribution in [3.63, 3.8) is 0 Å². The molecule has 0 aromatic heterocycles. The predicted molar refractivity (Wildman–Crippen MR) is 72.1 cm³/mol. The lowest BCUT2D eigenvalue weighted by atomic mass is 10.3. The summed E-state index contributed by atoms with van der Waals surface area (Å²) in [5.74, 6) is -1.09. The van der Waals surface area contributed by atoms with Crippen LogP contribution in [0.4, 0.5) is 0 Å². The van der Waals surface area contributed by atoms with Crippen LogP contribution in [0, 0.1) is 0 Å². The standard InChI is InChI=1S/C13H22N2O4/c1-4-8-18-13(17)10(3)19-12(16)9-15-7-6-11(14)5-2/h5-7,10-11,15H,2,4,8-9,14H2,1,3H3/b7-6-/t10-,11?/m1/s1. The Morgan fingerprint density at radius 3 is 2.74 bits per heavy atom. The highest BCUT2D eigenvalue weighted by Gasteiger charge is 2.18. The van der Waals surface area contributed by atoms with Gasteiger partial charge in [-0.1, -0.05) is 13.0 Å². The van der Waals surface area contributed by atoms with Gasteiger partial charge in [-0.3, -0.25) is 4.79 Å². The molecule has 108 valence electrons. The van der Waals surface area contributed by atoms with Crippen molar-refractivity contribution in [2.45, 2.75) is 32.4 Å². The SMILES string of the molecule is C=CC(N)/C=C\NCC(=O)O[C@H](C)C(=O)OCCC. The number of carbonyl (C=O) groups is 2. The van der Waals surface area contributed by atoms with E-state index in [0.29, 0.717) is 6.61 Å². The van der Waals surface area contributed by atoms with Crippen molar-refractivity contribution in [1.29, 1.82) is 0 Å². The number of carbonyl (C=O) groups excluding carboxylic acids is 2. The van der Waals surface area contributed by atoms with Gasteiger partial charge in [0.1, 0.15) is 6.54 Å². The Bertz CT molecular complexity index is 329. The van der Waals surface area contributed by atoms with Gasteiger partial charge in [-0.05, 0) is 25.6 Å². The Labute approximate surface area is 113 Å². The van der Waals surface area contributed by atoms with Crippen molar-refractivity contribution in [2.24, 2.45) is 5.73 Å². The van der Waals surface area contributed by atoms with Gasteiger partial charge >= 0.3 is 11.9 Å². The van der Waals surface area contributed by atoms with Crippen molar-refractivity contribution < 1.29 is 19.1 Å². The van der Waals surface area contributed by atoms with Crippen LogP contribution < -0.4 is 11.1 Å². The summed E-state index contributed by atoms with van der Waals surface area (Å²) < 4.78 is 9.73. The number of rotatable bonds is 9. The first-order valence-corrected chi connectivity index (χ1v) is 6.15. The number of nitrogens with one attached hydrogen (secondary N) is 1. The van der Waals surface area contributed by atoms with E-state index in [1.54, 1.807) is 12.2 Å². The fraction of sp³-hybridized carbons (Fsp3) is 0.538. The number of hydrogen-bond acceptors (Lipinski definition) is 6. The first-order valence-electron chi connectivity index (χ1n) is 6.15. The second-order valence-electron chi connectivity index (χ2n) is 3.85. The van der Waals surface area contributed by atoms with Crippen LogP contribution in [0.25, 0.3) is 0 Å². The molecule has 0 heterocycles. The molecule has 2 atom stereocenters. The molecular formula is C13H22N2O4. The third-order valence-electron chi connectivity index (χ3n) is 2.04. The van der Waals surface area contributed by atoms with Crippen LogP contribution in [0.2, 0.25) is 0 Å². The zero-order valence-electron chi connectivity index (χ0n) is 11.4. The van der Waals surface area contributed by atoms with Gasteiger partial charge in [0.2, 0.25) is 0 Å². The van der Waals surface area contributed by atoms with Crippen LogP contribution >= 0.6 is 0 Å². The van der Waals surface area contributed by atoms with Crippen molar-refractivity contribution >= 4 is 11.9 Å². The fourth-order valence-corrected chi connectivity index (χ4v) is 1.01. The highest BCUT2D eigenvalue weighted by molar-refractivity contribution is 5.79. The van der Waals surface area contributed by atoms with E-state index in [9.17, 15) is 9.59 Å². The lowest BCUT2D eigenvalue weighted by Gasteiger charge is -2.12. The largest absolute Gasteiger partial charge is 0.463 e. The molecule has 0 rings (SSSR count). The van der Waals surface area contributed by atoms with Crippen molar-refractivity contribution in [3.8, 4) is 0 Å². The van der Waals surface area contributed by atoms with E-state index in [2.05, 4.69) is 11.9 Å². The molecule has 0 fully saturated rings. The quantitative estimate of drug-likeness (QED) is 0.468. The maximum absolute atomic E-state index is 11.4. The van der Waals surface area contributed by atoms with Crippen LogP contribution in [0.3, 0.4) is 0 Å². The molecule has 19 heavy (non-hydrogen) atoms. The number of esters is 2. The third kappa shape index (κ3) is 8.84. The van der Waals surface area contributed by atoms with Gasteiger partial charge in [0.25, 0.3) is 0 Å². The second-order valence-corrected chi connectivity index (χ2v) is 3.85. The van der Waals surface area contributed by atoms with Crippen LogP contribution in [-0.2, 0) is 19.1 Å². The van der Waals surface area contributed by atoms with E-state index in [1.807, 2.05) is 6.92 Å². The molecule has 6 heteroatoms. The summed E-state index contributed by atoms with van der Waals surface area (Å²) in [4.78, 5) is 22.7. The molecule has 0 bridgehead atoms. The Morgan fingerprint density at radius 1 is 1.47 bits per heavy atom. The molecule has 0 aliphatic heterocycles. The van der Waals surface area contributed by atoms with Gasteiger partial charge in [-0.25, -0.2) is 4.79 Å². The van der Waals surface area contributed by atoms with E-state index < -0.39 is 18.0 Å². The highest BCUT2D eigenvalue weighted by atomic mass is 16.6. The Balaban J connectivity index is 3.88. The molecule has 0 amide bonds. The summed E-state index contributed by atoms with van der Waals surface area (Å²) >= 11 is 0. The topological polar surface area (TPSA) is 90.6 Å². The molecular weight excluding hydrogens is 248 g/mol. The van der Waals surface area contributed by atoms with Gasteiger partial charge in [0, 0.05) is 6.04 Å². The molecule has 0 saturated carbocycles. The molecule has 3 N–H and O–H groups in total. The predicted octanol–water partition coefficient (Wildman–Crippen LogP) is 0.488.